The molecule has 0 saturated heterocycles. The van der Waals surface area contributed by atoms with Crippen LogP contribution in [0.3, 0.4) is 0 Å². The van der Waals surface area contributed by atoms with Crippen LogP contribution in [0.2, 0.25) is 0 Å². The van der Waals surface area contributed by atoms with Gasteiger partial charge in [0.05, 0.1) is 6.04 Å². The monoisotopic (exact) mass is 352 g/mol. The molecule has 4 nitrogen and oxygen atoms in total. The molecule has 5 heteroatoms. The topological polar surface area (TPSA) is 66.6 Å². The number of amides is 2. The number of benzene rings is 2. The second-order valence-corrected chi connectivity index (χ2v) is 7.14. The molecule has 0 aliphatic carbocycles. The number of urea groups is 1. The van der Waals surface area contributed by atoms with Crippen molar-refractivity contribution in [3.8, 4) is 0 Å². The Kier molecular flexibility index (Phi) is 5.16. The summed E-state index contributed by atoms with van der Waals surface area (Å²) in [4.78, 5) is 13.3. The third-order valence-electron chi connectivity index (χ3n) is 4.03. The van der Waals surface area contributed by atoms with Gasteiger partial charge < -0.3 is 5.73 Å². The molecule has 1 heterocycles. The Morgan fingerprint density at radius 1 is 1.20 bits per heavy atom. The van der Waals surface area contributed by atoms with Gasteiger partial charge in [-0.15, -0.1) is 11.3 Å². The molecule has 128 valence electrons. The molecule has 0 fully saturated rings. The van der Waals surface area contributed by atoms with E-state index in [1.54, 1.807) is 24.3 Å². The third kappa shape index (κ3) is 4.26. The predicted molar refractivity (Wildman–Crippen MR) is 103 cm³/mol. The summed E-state index contributed by atoms with van der Waals surface area (Å²) >= 11 is 1.69. The van der Waals surface area contributed by atoms with Gasteiger partial charge in [-0.05, 0) is 41.5 Å². The van der Waals surface area contributed by atoms with Crippen molar-refractivity contribution in [3.63, 3.8) is 0 Å². The smallest absolute Gasteiger partial charge is 0.339 e. The number of thiophene rings is 1. The summed E-state index contributed by atoms with van der Waals surface area (Å²) in [5, 5.41) is 12.5. The molecule has 3 rings (SSSR count). The number of carbonyl (C=O) groups excluding carboxylic acids is 1. The van der Waals surface area contributed by atoms with Gasteiger partial charge in [0.15, 0.2) is 0 Å². The van der Waals surface area contributed by atoms with Crippen molar-refractivity contribution in [2.24, 2.45) is 5.73 Å². The van der Waals surface area contributed by atoms with Gasteiger partial charge in [-0.25, -0.2) is 4.79 Å². The van der Waals surface area contributed by atoms with Crippen LogP contribution in [0.25, 0.3) is 16.8 Å². The van der Waals surface area contributed by atoms with E-state index in [1.807, 2.05) is 18.2 Å². The van der Waals surface area contributed by atoms with Crippen LogP contribution in [0.5, 0.6) is 0 Å². The Balaban J connectivity index is 1.69. The first-order chi connectivity index (χ1) is 12.0. The minimum Gasteiger partial charge on any atom is -0.350 e. The Bertz CT molecular complexity index is 917. The van der Waals surface area contributed by atoms with Crippen molar-refractivity contribution in [1.82, 2.24) is 5.06 Å². The van der Waals surface area contributed by atoms with Crippen LogP contribution < -0.4 is 5.73 Å². The van der Waals surface area contributed by atoms with Gasteiger partial charge in [-0.1, -0.05) is 48.5 Å². The van der Waals surface area contributed by atoms with E-state index in [0.29, 0.717) is 5.06 Å². The van der Waals surface area contributed by atoms with Crippen molar-refractivity contribution >= 4 is 34.2 Å². The Morgan fingerprint density at radius 2 is 1.96 bits per heavy atom. The fraction of sp³-hybridized carbons (Fsp3) is 0.150. The number of nitrogens with two attached hydrogens (primary N) is 1. The van der Waals surface area contributed by atoms with Crippen LogP contribution in [-0.4, -0.2) is 22.3 Å². The molecule has 1 atom stereocenters. The average molecular weight is 352 g/mol. The van der Waals surface area contributed by atoms with Crippen molar-refractivity contribution in [3.05, 3.63) is 76.0 Å². The molecule has 0 aliphatic rings. The normalized spacial score (nSPS) is 12.6. The molecule has 2 aromatic carbocycles. The number of rotatable bonds is 5. The lowest BCUT2D eigenvalue weighted by Gasteiger charge is -2.16. The molecule has 0 saturated carbocycles. The number of nitrogens with zero attached hydrogens (tertiary/aromatic N) is 1. The van der Waals surface area contributed by atoms with Gasteiger partial charge in [-0.3, -0.25) is 5.21 Å². The van der Waals surface area contributed by atoms with Gasteiger partial charge in [0, 0.05) is 16.2 Å². The largest absolute Gasteiger partial charge is 0.350 e. The number of hydrogen-bond donors (Lipinski definition) is 2. The second-order valence-electron chi connectivity index (χ2n) is 5.94. The van der Waals surface area contributed by atoms with Crippen molar-refractivity contribution in [2.45, 2.75) is 19.4 Å². The number of carbonyl (C=O) groups is 1. The molecule has 0 aliphatic heterocycles. The average Bonchev–Trinajstić information content (AvgIpc) is 3.06. The lowest BCUT2D eigenvalue weighted by atomic mass is 10.0. The van der Waals surface area contributed by atoms with Gasteiger partial charge in [0.25, 0.3) is 0 Å². The number of hydroxylamine groups is 2. The summed E-state index contributed by atoms with van der Waals surface area (Å²) < 4.78 is 0. The standard InChI is InChI=1S/C20H20N2O2S/c1-14(22(24)20(21)23)6-9-18-10-11-19(25-18)13-15-7-8-16-4-2-3-5-17(16)12-15/h2-12,14,24H,13H2,1H3,(H2,21,23)/t14-/m1/s1. The Morgan fingerprint density at radius 3 is 2.72 bits per heavy atom. The zero-order valence-corrected chi connectivity index (χ0v) is 14.7. The molecule has 2 amide bonds. The third-order valence-corrected chi connectivity index (χ3v) is 5.08. The fourth-order valence-electron chi connectivity index (χ4n) is 2.65. The van der Waals surface area contributed by atoms with Crippen LogP contribution in [0.1, 0.15) is 22.2 Å². The first-order valence-corrected chi connectivity index (χ1v) is 8.87. The quantitative estimate of drug-likeness (QED) is 0.518. The Labute approximate surface area is 150 Å². The Hall–Kier alpha value is -2.63. The predicted octanol–water partition coefficient (Wildman–Crippen LogP) is 4.66. The van der Waals surface area contributed by atoms with Crippen molar-refractivity contribution in [1.29, 1.82) is 0 Å². The highest BCUT2D eigenvalue weighted by Gasteiger charge is 2.11. The molecule has 1 aromatic heterocycles. The van der Waals surface area contributed by atoms with E-state index < -0.39 is 12.1 Å². The van der Waals surface area contributed by atoms with E-state index in [-0.39, 0.29) is 0 Å². The SMILES string of the molecule is C[C@H](C=Cc1ccc(Cc2ccc3ccccc3c2)s1)N(O)C(N)=O. The fourth-order valence-corrected chi connectivity index (χ4v) is 3.61. The lowest BCUT2D eigenvalue weighted by molar-refractivity contribution is -0.0560. The number of primary amides is 1. The van der Waals surface area contributed by atoms with Gasteiger partial charge >= 0.3 is 6.03 Å². The van der Waals surface area contributed by atoms with Crippen LogP contribution >= 0.6 is 11.3 Å². The summed E-state index contributed by atoms with van der Waals surface area (Å²) in [7, 11) is 0. The molecular weight excluding hydrogens is 332 g/mol. The first-order valence-electron chi connectivity index (χ1n) is 8.05. The van der Waals surface area contributed by atoms with Crippen LogP contribution in [0.15, 0.2) is 60.7 Å². The van der Waals surface area contributed by atoms with Gasteiger partial charge in [0.1, 0.15) is 0 Å². The first kappa shape index (κ1) is 17.2. The zero-order valence-electron chi connectivity index (χ0n) is 13.9. The van der Waals surface area contributed by atoms with Crippen LogP contribution in [0, 0.1) is 0 Å². The van der Waals surface area contributed by atoms with Gasteiger partial charge in [-0.2, -0.15) is 5.06 Å². The maximum Gasteiger partial charge on any atom is 0.339 e. The number of fused-ring (bicyclic) bond motifs is 1. The summed E-state index contributed by atoms with van der Waals surface area (Å²) in [5.41, 5.74) is 6.32. The molecule has 0 spiro atoms. The summed E-state index contributed by atoms with van der Waals surface area (Å²) in [6.45, 7) is 1.70. The second kappa shape index (κ2) is 7.51. The van der Waals surface area contributed by atoms with E-state index in [4.69, 9.17) is 5.73 Å². The molecule has 0 radical (unpaired) electrons. The highest BCUT2D eigenvalue weighted by Crippen LogP contribution is 2.23. The highest BCUT2D eigenvalue weighted by molar-refractivity contribution is 7.12. The highest BCUT2D eigenvalue weighted by atomic mass is 32.1. The van der Waals surface area contributed by atoms with E-state index in [9.17, 15) is 10.0 Å². The molecular formula is C20H20N2O2S. The van der Waals surface area contributed by atoms with Crippen molar-refractivity contribution in [2.75, 3.05) is 0 Å². The lowest BCUT2D eigenvalue weighted by Crippen LogP contribution is -2.38. The summed E-state index contributed by atoms with van der Waals surface area (Å²) in [6.07, 6.45) is 4.52. The molecule has 0 unspecified atom stereocenters. The zero-order chi connectivity index (χ0) is 17.8. The van der Waals surface area contributed by atoms with Crippen molar-refractivity contribution < 1.29 is 10.0 Å². The molecule has 25 heavy (non-hydrogen) atoms. The minimum absolute atomic E-state index is 0.469. The van der Waals surface area contributed by atoms with E-state index in [1.165, 1.54) is 21.2 Å². The summed E-state index contributed by atoms with van der Waals surface area (Å²) in [5.74, 6) is 0. The summed E-state index contributed by atoms with van der Waals surface area (Å²) in [6, 6.07) is 17.7. The molecule has 3 N–H and O–H groups in total. The van der Waals surface area contributed by atoms with Gasteiger partial charge in [0.2, 0.25) is 0 Å². The van der Waals surface area contributed by atoms with Crippen LogP contribution in [-0.2, 0) is 6.42 Å². The maximum absolute atomic E-state index is 10.9. The minimum atomic E-state index is -0.861. The number of hydrogen-bond acceptors (Lipinski definition) is 3. The molecule has 0 bridgehead atoms. The van der Waals surface area contributed by atoms with E-state index in [2.05, 4.69) is 42.5 Å². The maximum atomic E-state index is 10.9. The molecule has 3 aromatic rings. The van der Waals surface area contributed by atoms with E-state index >= 15 is 0 Å². The van der Waals surface area contributed by atoms with Crippen LogP contribution in [0.4, 0.5) is 4.79 Å². The van der Waals surface area contributed by atoms with E-state index in [0.717, 1.165) is 11.3 Å².